The zero-order valence-corrected chi connectivity index (χ0v) is 14.7. The molecule has 1 saturated heterocycles. The highest BCUT2D eigenvalue weighted by Gasteiger charge is 2.27. The van der Waals surface area contributed by atoms with Crippen LogP contribution in [0.4, 0.5) is 0 Å². The van der Waals surface area contributed by atoms with Crippen LogP contribution in [0.5, 0.6) is 0 Å². The van der Waals surface area contributed by atoms with Crippen molar-refractivity contribution in [3.63, 3.8) is 0 Å². The molecule has 1 fully saturated rings. The Bertz CT molecular complexity index is 738. The summed E-state index contributed by atoms with van der Waals surface area (Å²) in [5.41, 5.74) is 0.588. The SMILES string of the molecule is O=C(c1ccc(Br)o1)N1CCN(C(=O)c2ccccc2S)CC1. The molecule has 2 heterocycles. The molecule has 0 bridgehead atoms. The summed E-state index contributed by atoms with van der Waals surface area (Å²) in [5.74, 6) is 0.0955. The molecule has 0 spiro atoms. The molecule has 1 aliphatic heterocycles. The van der Waals surface area contributed by atoms with Crippen molar-refractivity contribution in [1.82, 2.24) is 9.80 Å². The monoisotopic (exact) mass is 394 g/mol. The summed E-state index contributed by atoms with van der Waals surface area (Å²) in [4.78, 5) is 28.9. The fourth-order valence-electron chi connectivity index (χ4n) is 2.52. The average Bonchev–Trinajstić information content (AvgIpc) is 3.01. The zero-order chi connectivity index (χ0) is 16.4. The van der Waals surface area contributed by atoms with Gasteiger partial charge in [0.05, 0.1) is 5.56 Å². The van der Waals surface area contributed by atoms with Gasteiger partial charge in [-0.05, 0) is 40.2 Å². The van der Waals surface area contributed by atoms with E-state index in [0.717, 1.165) is 0 Å². The van der Waals surface area contributed by atoms with Crippen LogP contribution in [0.25, 0.3) is 0 Å². The number of thiol groups is 1. The summed E-state index contributed by atoms with van der Waals surface area (Å²) in [6, 6.07) is 10.6. The van der Waals surface area contributed by atoms with Gasteiger partial charge in [0.2, 0.25) is 0 Å². The lowest BCUT2D eigenvalue weighted by molar-refractivity contribution is 0.0515. The lowest BCUT2D eigenvalue weighted by Gasteiger charge is -2.34. The molecule has 0 saturated carbocycles. The van der Waals surface area contributed by atoms with Crippen LogP contribution in [0.3, 0.4) is 0 Å². The van der Waals surface area contributed by atoms with Crippen molar-refractivity contribution < 1.29 is 14.0 Å². The molecule has 0 aliphatic carbocycles. The zero-order valence-electron chi connectivity index (χ0n) is 12.2. The van der Waals surface area contributed by atoms with E-state index in [4.69, 9.17) is 4.42 Å². The third-order valence-corrected chi connectivity index (χ3v) is 4.59. The Morgan fingerprint density at radius 2 is 1.57 bits per heavy atom. The first-order valence-corrected chi connectivity index (χ1v) is 8.42. The van der Waals surface area contributed by atoms with E-state index in [1.807, 2.05) is 12.1 Å². The van der Waals surface area contributed by atoms with Gasteiger partial charge in [-0.25, -0.2) is 0 Å². The number of amides is 2. The van der Waals surface area contributed by atoms with Gasteiger partial charge in [0.25, 0.3) is 11.8 Å². The van der Waals surface area contributed by atoms with Gasteiger partial charge in [0.1, 0.15) is 0 Å². The Kier molecular flexibility index (Phi) is 4.77. The number of hydrogen-bond donors (Lipinski definition) is 1. The van der Waals surface area contributed by atoms with E-state index < -0.39 is 0 Å². The molecule has 2 amide bonds. The topological polar surface area (TPSA) is 53.8 Å². The average molecular weight is 395 g/mol. The van der Waals surface area contributed by atoms with Gasteiger partial charge in [0, 0.05) is 31.1 Å². The highest BCUT2D eigenvalue weighted by atomic mass is 79.9. The fraction of sp³-hybridized carbons (Fsp3) is 0.250. The Morgan fingerprint density at radius 1 is 0.957 bits per heavy atom. The number of nitrogens with zero attached hydrogens (tertiary/aromatic N) is 2. The maximum absolute atomic E-state index is 12.5. The second-order valence-electron chi connectivity index (χ2n) is 5.21. The van der Waals surface area contributed by atoms with Crippen LogP contribution in [0, 0.1) is 0 Å². The number of benzene rings is 1. The summed E-state index contributed by atoms with van der Waals surface area (Å²) in [5, 5.41) is 0. The fourth-order valence-corrected chi connectivity index (χ4v) is 3.09. The van der Waals surface area contributed by atoms with Gasteiger partial charge in [-0.1, -0.05) is 12.1 Å². The van der Waals surface area contributed by atoms with Gasteiger partial charge < -0.3 is 14.2 Å². The van der Waals surface area contributed by atoms with Crippen molar-refractivity contribution in [3.05, 3.63) is 52.4 Å². The Morgan fingerprint density at radius 3 is 2.13 bits per heavy atom. The number of piperazine rings is 1. The van der Waals surface area contributed by atoms with Gasteiger partial charge in [-0.3, -0.25) is 9.59 Å². The summed E-state index contributed by atoms with van der Waals surface area (Å²) < 4.78 is 5.82. The highest BCUT2D eigenvalue weighted by Crippen LogP contribution is 2.19. The lowest BCUT2D eigenvalue weighted by atomic mass is 10.1. The molecule has 23 heavy (non-hydrogen) atoms. The highest BCUT2D eigenvalue weighted by molar-refractivity contribution is 9.10. The third kappa shape index (κ3) is 3.45. The first kappa shape index (κ1) is 16.1. The van der Waals surface area contributed by atoms with E-state index in [2.05, 4.69) is 28.6 Å². The van der Waals surface area contributed by atoms with Crippen molar-refractivity contribution in [2.45, 2.75) is 4.90 Å². The summed E-state index contributed by atoms with van der Waals surface area (Å²) >= 11 is 7.52. The molecule has 0 radical (unpaired) electrons. The van der Waals surface area contributed by atoms with Crippen molar-refractivity contribution >= 4 is 40.4 Å². The maximum atomic E-state index is 12.5. The van der Waals surface area contributed by atoms with Crippen LogP contribution in [0.2, 0.25) is 0 Å². The normalized spacial score (nSPS) is 14.9. The summed E-state index contributed by atoms with van der Waals surface area (Å²) in [6.45, 7) is 1.96. The predicted octanol–water partition coefficient (Wildman–Crippen LogP) is 2.93. The van der Waals surface area contributed by atoms with Crippen LogP contribution in [0.15, 0.2) is 50.4 Å². The van der Waals surface area contributed by atoms with Gasteiger partial charge in [0.15, 0.2) is 10.4 Å². The number of hydrogen-bond acceptors (Lipinski definition) is 4. The van der Waals surface area contributed by atoms with Crippen molar-refractivity contribution in [2.24, 2.45) is 0 Å². The van der Waals surface area contributed by atoms with Crippen LogP contribution in [-0.2, 0) is 0 Å². The van der Waals surface area contributed by atoms with E-state index in [-0.39, 0.29) is 11.8 Å². The van der Waals surface area contributed by atoms with Crippen molar-refractivity contribution in [1.29, 1.82) is 0 Å². The molecule has 2 aromatic rings. The molecule has 1 aliphatic rings. The predicted molar refractivity (Wildman–Crippen MR) is 91.9 cm³/mol. The third-order valence-electron chi connectivity index (χ3n) is 3.77. The van der Waals surface area contributed by atoms with Gasteiger partial charge >= 0.3 is 0 Å². The molecule has 3 rings (SSSR count). The van der Waals surface area contributed by atoms with E-state index in [1.165, 1.54) is 0 Å². The smallest absolute Gasteiger partial charge is 0.289 e. The molecule has 120 valence electrons. The molecular formula is C16H15BrN2O3S. The van der Waals surface area contributed by atoms with E-state index in [1.54, 1.807) is 34.1 Å². The van der Waals surface area contributed by atoms with Crippen LogP contribution >= 0.6 is 28.6 Å². The minimum atomic E-state index is -0.155. The van der Waals surface area contributed by atoms with E-state index in [9.17, 15) is 9.59 Å². The standard InChI is InChI=1S/C16H15BrN2O3S/c17-14-6-5-12(22-14)16(21)19-9-7-18(8-10-19)15(20)11-3-1-2-4-13(11)23/h1-6,23H,7-10H2. The minimum Gasteiger partial charge on any atom is -0.444 e. The second kappa shape index (κ2) is 6.80. The van der Waals surface area contributed by atoms with Gasteiger partial charge in [-0.15, -0.1) is 12.6 Å². The minimum absolute atomic E-state index is 0.0524. The number of carbonyl (C=O) groups excluding carboxylic acids is 2. The number of carbonyl (C=O) groups is 2. The lowest BCUT2D eigenvalue weighted by Crippen LogP contribution is -2.50. The van der Waals surface area contributed by atoms with Crippen LogP contribution in [-0.4, -0.2) is 47.8 Å². The molecule has 0 atom stereocenters. The van der Waals surface area contributed by atoms with Gasteiger partial charge in [-0.2, -0.15) is 0 Å². The summed E-state index contributed by atoms with van der Waals surface area (Å²) in [7, 11) is 0. The Labute approximate surface area is 147 Å². The molecule has 7 heteroatoms. The number of furan rings is 1. The molecular weight excluding hydrogens is 380 g/mol. The number of halogens is 1. The van der Waals surface area contributed by atoms with Crippen molar-refractivity contribution in [3.8, 4) is 0 Å². The van der Waals surface area contributed by atoms with E-state index >= 15 is 0 Å². The quantitative estimate of drug-likeness (QED) is 0.796. The Hall–Kier alpha value is -1.73. The molecule has 1 aromatic heterocycles. The second-order valence-corrected chi connectivity index (χ2v) is 6.47. The molecule has 0 N–H and O–H groups in total. The largest absolute Gasteiger partial charge is 0.444 e. The Balaban J connectivity index is 1.63. The first-order valence-electron chi connectivity index (χ1n) is 7.18. The van der Waals surface area contributed by atoms with E-state index in [0.29, 0.717) is 47.1 Å². The summed E-state index contributed by atoms with van der Waals surface area (Å²) in [6.07, 6.45) is 0. The maximum Gasteiger partial charge on any atom is 0.289 e. The van der Waals surface area contributed by atoms with Crippen LogP contribution < -0.4 is 0 Å². The molecule has 0 unspecified atom stereocenters. The van der Waals surface area contributed by atoms with Crippen LogP contribution in [0.1, 0.15) is 20.9 Å². The first-order chi connectivity index (χ1) is 11.1. The molecule has 1 aromatic carbocycles. The molecule has 5 nitrogen and oxygen atoms in total. The van der Waals surface area contributed by atoms with Crippen molar-refractivity contribution in [2.75, 3.05) is 26.2 Å². The number of rotatable bonds is 2.